The van der Waals surface area contributed by atoms with Crippen molar-refractivity contribution in [2.45, 2.75) is 27.7 Å². The van der Waals surface area contributed by atoms with Gasteiger partial charge < -0.3 is 9.97 Å². The number of hydrogen-bond acceptors (Lipinski definition) is 0. The summed E-state index contributed by atoms with van der Waals surface area (Å²) in [6, 6.07) is 22.0. The average molecular weight is 367 g/mol. The predicted molar refractivity (Wildman–Crippen MR) is 118 cm³/mol. The maximum absolute atomic E-state index is 3.44. The number of hydrogen-bond donors (Lipinski definition) is 2. The van der Waals surface area contributed by atoms with Gasteiger partial charge in [-0.15, -0.1) is 0 Å². The summed E-state index contributed by atoms with van der Waals surface area (Å²) in [5.41, 5.74) is 12.2. The van der Waals surface area contributed by atoms with E-state index in [1.54, 1.807) is 0 Å². The van der Waals surface area contributed by atoms with Gasteiger partial charge in [-0.3, -0.25) is 0 Å². The van der Waals surface area contributed by atoms with E-state index in [9.17, 15) is 0 Å². The molecule has 0 spiro atoms. The van der Waals surface area contributed by atoms with Crippen molar-refractivity contribution in [2.75, 3.05) is 0 Å². The molecule has 4 aromatic rings. The van der Waals surface area contributed by atoms with Gasteiger partial charge in [-0.1, -0.05) is 58.7 Å². The highest BCUT2D eigenvalue weighted by Gasteiger charge is 2.18. The van der Waals surface area contributed by atoms with E-state index < -0.39 is 0 Å². The van der Waals surface area contributed by atoms with Crippen LogP contribution in [0.15, 0.2) is 73.1 Å². The van der Waals surface area contributed by atoms with Gasteiger partial charge in [0, 0.05) is 34.9 Å². The Bertz CT molecular complexity index is 995. The van der Waals surface area contributed by atoms with Gasteiger partial charge in [0.2, 0.25) is 0 Å². The molecule has 0 aliphatic rings. The Morgan fingerprint density at radius 2 is 0.893 bits per heavy atom. The van der Waals surface area contributed by atoms with Gasteiger partial charge in [0.1, 0.15) is 0 Å². The Hall–Kier alpha value is -3.26. The number of benzene rings is 2. The zero-order valence-corrected chi connectivity index (χ0v) is 16.9. The van der Waals surface area contributed by atoms with E-state index in [1.807, 2.05) is 12.4 Å². The van der Waals surface area contributed by atoms with E-state index in [-0.39, 0.29) is 0 Å². The van der Waals surface area contributed by atoms with E-state index >= 15 is 0 Å². The SMILES string of the molecule is Cc1cc(C)cc(C(=C(c2cc(C)cc(C)c2)c2ccc[nH]2)c2ccc[nH]2)c1. The topological polar surface area (TPSA) is 31.6 Å². The number of aromatic amines is 2. The van der Waals surface area contributed by atoms with E-state index in [4.69, 9.17) is 0 Å². The Labute approximate surface area is 167 Å². The summed E-state index contributed by atoms with van der Waals surface area (Å²) < 4.78 is 0. The van der Waals surface area contributed by atoms with Gasteiger partial charge in [-0.2, -0.15) is 0 Å². The molecule has 0 aliphatic heterocycles. The van der Waals surface area contributed by atoms with Gasteiger partial charge in [0.05, 0.1) is 0 Å². The van der Waals surface area contributed by atoms with Crippen LogP contribution in [0.25, 0.3) is 11.1 Å². The first-order valence-electron chi connectivity index (χ1n) is 9.70. The molecule has 0 saturated heterocycles. The molecule has 2 heterocycles. The monoisotopic (exact) mass is 366 g/mol. The van der Waals surface area contributed by atoms with Crippen molar-refractivity contribution >= 4 is 11.1 Å². The van der Waals surface area contributed by atoms with E-state index in [0.29, 0.717) is 0 Å². The second-order valence-corrected chi connectivity index (χ2v) is 7.67. The lowest BCUT2D eigenvalue weighted by Crippen LogP contribution is -2.00. The molecule has 0 aliphatic carbocycles. The summed E-state index contributed by atoms with van der Waals surface area (Å²) in [6.07, 6.45) is 3.98. The van der Waals surface area contributed by atoms with Crippen molar-refractivity contribution < 1.29 is 0 Å². The maximum atomic E-state index is 3.44. The third-order valence-corrected chi connectivity index (χ3v) is 5.01. The van der Waals surface area contributed by atoms with Crippen LogP contribution in [0.5, 0.6) is 0 Å². The van der Waals surface area contributed by atoms with Crippen LogP contribution in [0.4, 0.5) is 0 Å². The molecule has 0 saturated carbocycles. The van der Waals surface area contributed by atoms with Crippen molar-refractivity contribution in [2.24, 2.45) is 0 Å². The highest BCUT2D eigenvalue weighted by atomic mass is 14.7. The molecule has 2 heteroatoms. The first-order chi connectivity index (χ1) is 13.5. The number of H-pyrrole nitrogens is 2. The van der Waals surface area contributed by atoms with Crippen molar-refractivity contribution in [3.63, 3.8) is 0 Å². The van der Waals surface area contributed by atoms with Gasteiger partial charge in [-0.05, 0) is 63.1 Å². The summed E-state index contributed by atoms with van der Waals surface area (Å²) >= 11 is 0. The molecule has 0 unspecified atom stereocenters. The van der Waals surface area contributed by atoms with Crippen molar-refractivity contribution in [1.29, 1.82) is 0 Å². The molecule has 4 rings (SSSR count). The van der Waals surface area contributed by atoms with Gasteiger partial charge in [0.25, 0.3) is 0 Å². The molecule has 0 amide bonds. The standard InChI is InChI=1S/C26H26N2/c1-17-11-18(2)14-21(13-17)25(23-7-5-9-27-23)26(24-8-6-10-28-24)22-15-19(3)12-20(4)16-22/h5-16,27-28H,1-4H3. The van der Waals surface area contributed by atoms with Crippen molar-refractivity contribution in [3.8, 4) is 0 Å². The molecule has 2 nitrogen and oxygen atoms in total. The molecule has 2 N–H and O–H groups in total. The van der Waals surface area contributed by atoms with E-state index in [2.05, 4.69) is 98.3 Å². The Morgan fingerprint density at radius 1 is 0.536 bits per heavy atom. The quantitative estimate of drug-likeness (QED) is 0.382. The van der Waals surface area contributed by atoms with Crippen molar-refractivity contribution in [3.05, 3.63) is 118 Å². The van der Waals surface area contributed by atoms with Crippen LogP contribution in [-0.4, -0.2) is 9.97 Å². The van der Waals surface area contributed by atoms with Crippen LogP contribution in [0, 0.1) is 27.7 Å². The first-order valence-corrected chi connectivity index (χ1v) is 9.70. The smallest absolute Gasteiger partial charge is 0.0467 e. The summed E-state index contributed by atoms with van der Waals surface area (Å²) in [7, 11) is 0. The minimum atomic E-state index is 1.12. The molecule has 28 heavy (non-hydrogen) atoms. The van der Waals surface area contributed by atoms with Gasteiger partial charge >= 0.3 is 0 Å². The number of rotatable bonds is 4. The second kappa shape index (κ2) is 7.40. The summed E-state index contributed by atoms with van der Waals surface area (Å²) in [5.74, 6) is 0. The van der Waals surface area contributed by atoms with Gasteiger partial charge in [-0.25, -0.2) is 0 Å². The molecule has 0 atom stereocenters. The highest BCUT2D eigenvalue weighted by molar-refractivity contribution is 6.03. The minimum absolute atomic E-state index is 1.12. The minimum Gasteiger partial charge on any atom is -0.361 e. The Balaban J connectivity index is 2.12. The normalized spacial score (nSPS) is 12.1. The van der Waals surface area contributed by atoms with Crippen LogP contribution in [0.3, 0.4) is 0 Å². The fourth-order valence-electron chi connectivity index (χ4n) is 4.08. The lowest BCUT2D eigenvalue weighted by Gasteiger charge is -2.17. The summed E-state index contributed by atoms with van der Waals surface area (Å²) in [6.45, 7) is 8.64. The fraction of sp³-hybridized carbons (Fsp3) is 0.154. The molecule has 0 radical (unpaired) electrons. The van der Waals surface area contributed by atoms with Crippen LogP contribution in [0.1, 0.15) is 44.8 Å². The van der Waals surface area contributed by atoms with Gasteiger partial charge in [0.15, 0.2) is 0 Å². The molecule has 140 valence electrons. The number of aromatic nitrogens is 2. The lowest BCUT2D eigenvalue weighted by molar-refractivity contribution is 1.29. The summed E-state index contributed by atoms with van der Waals surface area (Å²) in [5, 5.41) is 0. The molecular weight excluding hydrogens is 340 g/mol. The predicted octanol–water partition coefficient (Wildman–Crippen LogP) is 6.58. The maximum Gasteiger partial charge on any atom is 0.0467 e. The number of nitrogens with one attached hydrogen (secondary N) is 2. The average Bonchev–Trinajstić information content (AvgIpc) is 3.31. The highest BCUT2D eigenvalue weighted by Crippen LogP contribution is 2.36. The Morgan fingerprint density at radius 3 is 1.18 bits per heavy atom. The molecular formula is C26H26N2. The van der Waals surface area contributed by atoms with E-state index in [0.717, 1.165) is 11.4 Å². The van der Waals surface area contributed by atoms with Crippen LogP contribution < -0.4 is 0 Å². The Kier molecular flexibility index (Phi) is 4.79. The third kappa shape index (κ3) is 3.59. The molecule has 0 fully saturated rings. The van der Waals surface area contributed by atoms with Crippen molar-refractivity contribution in [1.82, 2.24) is 9.97 Å². The van der Waals surface area contributed by atoms with Crippen LogP contribution >= 0.6 is 0 Å². The van der Waals surface area contributed by atoms with Crippen LogP contribution in [0.2, 0.25) is 0 Å². The second-order valence-electron chi connectivity index (χ2n) is 7.67. The molecule has 0 bridgehead atoms. The zero-order chi connectivity index (χ0) is 19.7. The number of aryl methyl sites for hydroxylation is 4. The van der Waals surface area contributed by atoms with Crippen LogP contribution in [-0.2, 0) is 0 Å². The summed E-state index contributed by atoms with van der Waals surface area (Å²) in [4.78, 5) is 6.89. The lowest BCUT2D eigenvalue weighted by atomic mass is 9.88. The van der Waals surface area contributed by atoms with E-state index in [1.165, 1.54) is 44.5 Å². The largest absolute Gasteiger partial charge is 0.361 e. The third-order valence-electron chi connectivity index (χ3n) is 5.01. The molecule has 2 aromatic carbocycles. The first kappa shape index (κ1) is 18.1. The molecule has 2 aromatic heterocycles. The zero-order valence-electron chi connectivity index (χ0n) is 16.9. The fourth-order valence-corrected chi connectivity index (χ4v) is 4.08.